The number of unbranched alkanes of at least 4 members (excludes halogenated alkanes) is 1. The van der Waals surface area contributed by atoms with E-state index in [2.05, 4.69) is 11.9 Å². The Morgan fingerprint density at radius 1 is 1.71 bits per heavy atom. The predicted molar refractivity (Wildman–Crippen MR) is 31.1 cm³/mol. The van der Waals surface area contributed by atoms with Crippen LogP contribution in [0.5, 0.6) is 0 Å². The molecule has 0 saturated carbocycles. The van der Waals surface area contributed by atoms with Crippen molar-refractivity contribution in [2.24, 2.45) is 0 Å². The molecule has 0 bridgehead atoms. The summed E-state index contributed by atoms with van der Waals surface area (Å²) in [6.45, 7) is 2.15. The first kappa shape index (κ1) is 7.01. The topological polar surface area (TPSA) is 23.8 Å². The summed E-state index contributed by atoms with van der Waals surface area (Å²) in [4.78, 5) is 2.16. The van der Waals surface area contributed by atoms with Gasteiger partial charge in [0.25, 0.3) is 0 Å². The van der Waals surface area contributed by atoms with E-state index < -0.39 is 0 Å². The van der Waals surface area contributed by atoms with Crippen molar-refractivity contribution in [3.8, 4) is 4.97 Å². The molecule has 0 unspecified atom stereocenters. The van der Waals surface area contributed by atoms with E-state index in [1.165, 1.54) is 12.8 Å². The zero-order valence-corrected chi connectivity index (χ0v) is 6.19. The van der Waals surface area contributed by atoms with Crippen LogP contribution in [-0.4, -0.2) is 15.0 Å². The second-order valence-electron chi connectivity index (χ2n) is 1.29. The fraction of sp³-hybridized carbons (Fsp3) is 0.800. The molecule has 0 N–H and O–H groups in total. The Balaban J connectivity index is 2.60. The fourth-order valence-electron chi connectivity index (χ4n) is 0.262. The molecule has 0 radical (unpaired) electrons. The SMILES string of the molecule is CCCC[Se]C#N. The Hall–Kier alpha value is 0.00948. The summed E-state index contributed by atoms with van der Waals surface area (Å²) in [7, 11) is 0. The summed E-state index contributed by atoms with van der Waals surface area (Å²) in [5, 5.41) is 9.21. The maximum absolute atomic E-state index is 8.07. The molecule has 0 atom stereocenters. The summed E-state index contributed by atoms with van der Waals surface area (Å²) in [6, 6.07) is 0. The molecular weight excluding hydrogens is 153 g/mol. The van der Waals surface area contributed by atoms with Crippen LogP contribution >= 0.6 is 0 Å². The fourth-order valence-corrected chi connectivity index (χ4v) is 1.36. The van der Waals surface area contributed by atoms with Gasteiger partial charge in [0.1, 0.15) is 0 Å². The third-order valence-corrected chi connectivity index (χ3v) is 1.97. The van der Waals surface area contributed by atoms with E-state index in [1.54, 1.807) is 0 Å². The number of nitrogens with zero attached hydrogens (tertiary/aromatic N) is 1. The normalized spacial score (nSPS) is 8.00. The summed E-state index contributed by atoms with van der Waals surface area (Å²) < 4.78 is 0. The molecule has 0 aromatic rings. The van der Waals surface area contributed by atoms with Crippen molar-refractivity contribution in [3.05, 3.63) is 0 Å². The molecule has 40 valence electrons. The van der Waals surface area contributed by atoms with Crippen molar-refractivity contribution < 1.29 is 0 Å². The number of nitriles is 1. The molecule has 0 aliphatic carbocycles. The summed E-state index contributed by atoms with van der Waals surface area (Å²) >= 11 is 0.274. The monoisotopic (exact) mass is 163 g/mol. The van der Waals surface area contributed by atoms with E-state index in [1.807, 2.05) is 0 Å². The molecule has 0 aromatic carbocycles. The van der Waals surface area contributed by atoms with Crippen LogP contribution in [0.25, 0.3) is 0 Å². The van der Waals surface area contributed by atoms with Crippen LogP contribution < -0.4 is 0 Å². The summed E-state index contributed by atoms with van der Waals surface area (Å²) in [5.41, 5.74) is 0. The zero-order chi connectivity index (χ0) is 5.54. The average molecular weight is 162 g/mol. The first-order chi connectivity index (χ1) is 3.41. The molecule has 2 heteroatoms. The van der Waals surface area contributed by atoms with E-state index in [4.69, 9.17) is 5.26 Å². The van der Waals surface area contributed by atoms with E-state index in [9.17, 15) is 0 Å². The Morgan fingerprint density at radius 2 is 2.43 bits per heavy atom. The van der Waals surface area contributed by atoms with Crippen molar-refractivity contribution in [1.82, 2.24) is 0 Å². The third-order valence-electron chi connectivity index (χ3n) is 0.665. The van der Waals surface area contributed by atoms with E-state index in [0.29, 0.717) is 0 Å². The first-order valence-corrected chi connectivity index (χ1v) is 4.49. The molecule has 0 amide bonds. The molecule has 0 rings (SSSR count). The number of hydrogen-bond acceptors (Lipinski definition) is 1. The molecular formula is C5H9NSe. The van der Waals surface area contributed by atoms with E-state index >= 15 is 0 Å². The molecule has 0 fully saturated rings. The van der Waals surface area contributed by atoms with Crippen LogP contribution in [0.2, 0.25) is 5.32 Å². The van der Waals surface area contributed by atoms with Gasteiger partial charge in [0.2, 0.25) is 0 Å². The molecule has 1 nitrogen and oxygen atoms in total. The van der Waals surface area contributed by atoms with Crippen molar-refractivity contribution in [2.75, 3.05) is 0 Å². The molecule has 0 saturated heterocycles. The van der Waals surface area contributed by atoms with Gasteiger partial charge in [0.15, 0.2) is 0 Å². The molecule has 0 aliphatic heterocycles. The molecule has 0 aromatic heterocycles. The third kappa shape index (κ3) is 6.01. The van der Waals surface area contributed by atoms with Gasteiger partial charge in [-0.2, -0.15) is 0 Å². The Labute approximate surface area is 50.9 Å². The van der Waals surface area contributed by atoms with Gasteiger partial charge in [-0.3, -0.25) is 0 Å². The van der Waals surface area contributed by atoms with Gasteiger partial charge in [-0.15, -0.1) is 0 Å². The van der Waals surface area contributed by atoms with Crippen molar-refractivity contribution in [3.63, 3.8) is 0 Å². The van der Waals surface area contributed by atoms with Crippen LogP contribution in [0.1, 0.15) is 19.8 Å². The Kier molecular flexibility index (Phi) is 6.02. The average Bonchev–Trinajstić information content (AvgIpc) is 1.69. The second kappa shape index (κ2) is 6.01. The number of rotatable bonds is 3. The van der Waals surface area contributed by atoms with Crippen molar-refractivity contribution >= 4 is 15.0 Å². The first-order valence-electron chi connectivity index (χ1n) is 2.42. The Bertz CT molecular complexity index is 65.0. The van der Waals surface area contributed by atoms with Crippen molar-refractivity contribution in [1.29, 1.82) is 5.26 Å². The predicted octanol–water partition coefficient (Wildman–Crippen LogP) is 1.39. The minimum absolute atomic E-state index is 0.274. The van der Waals surface area contributed by atoms with Gasteiger partial charge >= 0.3 is 50.3 Å². The van der Waals surface area contributed by atoms with Gasteiger partial charge in [0, 0.05) is 0 Å². The summed E-state index contributed by atoms with van der Waals surface area (Å²) in [6.07, 6.45) is 2.46. The Morgan fingerprint density at radius 3 is 2.86 bits per heavy atom. The summed E-state index contributed by atoms with van der Waals surface area (Å²) in [5.74, 6) is 0. The standard InChI is InChI=1S/C5H9NSe/c1-2-3-4-7-5-6/h2-4H2,1H3. The molecule has 0 aliphatic rings. The maximum atomic E-state index is 8.07. The zero-order valence-electron chi connectivity index (χ0n) is 4.48. The van der Waals surface area contributed by atoms with Crippen LogP contribution in [0.4, 0.5) is 0 Å². The van der Waals surface area contributed by atoms with Gasteiger partial charge in [-0.1, -0.05) is 0 Å². The van der Waals surface area contributed by atoms with Gasteiger partial charge in [0.05, 0.1) is 0 Å². The van der Waals surface area contributed by atoms with Crippen LogP contribution in [0.3, 0.4) is 0 Å². The molecule has 0 spiro atoms. The van der Waals surface area contributed by atoms with Gasteiger partial charge < -0.3 is 0 Å². The number of hydrogen-bond donors (Lipinski definition) is 0. The van der Waals surface area contributed by atoms with Gasteiger partial charge in [-0.05, 0) is 0 Å². The molecule has 0 heterocycles. The van der Waals surface area contributed by atoms with Crippen molar-refractivity contribution in [2.45, 2.75) is 25.1 Å². The van der Waals surface area contributed by atoms with E-state index in [0.717, 1.165) is 5.32 Å². The van der Waals surface area contributed by atoms with Crippen LogP contribution in [0, 0.1) is 10.2 Å². The van der Waals surface area contributed by atoms with Gasteiger partial charge in [-0.25, -0.2) is 0 Å². The quantitative estimate of drug-likeness (QED) is 0.454. The van der Waals surface area contributed by atoms with Crippen LogP contribution in [-0.2, 0) is 0 Å². The van der Waals surface area contributed by atoms with E-state index in [-0.39, 0.29) is 15.0 Å². The van der Waals surface area contributed by atoms with Crippen LogP contribution in [0.15, 0.2) is 0 Å². The molecule has 7 heavy (non-hydrogen) atoms. The minimum atomic E-state index is 0.274. The second-order valence-corrected chi connectivity index (χ2v) is 3.14.